The number of amides is 1. The molecule has 13 N–H and O–H groups in total. The summed E-state index contributed by atoms with van der Waals surface area (Å²) in [7, 11) is 1.99. The zero-order valence-electron chi connectivity index (χ0n) is 30.8. The summed E-state index contributed by atoms with van der Waals surface area (Å²) < 4.78 is 24.1. The maximum Gasteiger partial charge on any atom is 0.157 e. The predicted molar refractivity (Wildman–Crippen MR) is 187 cm³/mol. The number of carbonyl (C=O) groups is 1. The summed E-state index contributed by atoms with van der Waals surface area (Å²) in [5.41, 5.74) is 10.8. The van der Waals surface area contributed by atoms with Gasteiger partial charge >= 0.3 is 142 Å². The minimum Gasteiger partial charge on any atom is -0.390 e. The number of carbonyl (C=O) groups excluding carboxylic acids is 1. The smallest absolute Gasteiger partial charge is 0.157 e. The van der Waals surface area contributed by atoms with Crippen LogP contribution in [-0.4, -0.2) is 172 Å². The topological polar surface area (TPSA) is 267 Å². The molecule has 1 saturated carbocycles. The molecule has 0 spiro atoms. The molecule has 4 aliphatic heterocycles. The van der Waals surface area contributed by atoms with Gasteiger partial charge in [0.15, 0.2) is 6.29 Å². The molecule has 5 rings (SSSR count). The molecule has 4 fully saturated rings. The number of nitrogens with zero attached hydrogens (tertiary/aromatic N) is 1. The molecule has 8 unspecified atom stereocenters. The average Bonchev–Trinajstić information content (AvgIpc) is 3.57. The van der Waals surface area contributed by atoms with Crippen LogP contribution in [0.3, 0.4) is 0 Å². The Hall–Kier alpha value is -0.455. The Bertz CT molecular complexity index is 1030. The SMILES string of the molecule is C[N]([Hg])CCC(O)C(=O)NC1CC(N)CC(OC2CCC(CO)O2)C1.NC[C@@H]1O[C@H](O)CC(O)[C@@H]1O.OC1(CNCC2C=CCCO2)CCNCC1. The first-order valence-corrected chi connectivity index (χ1v) is 21.3. The molecule has 0 aromatic carbocycles. The Balaban J connectivity index is 0.000000230. The number of rotatable bonds is 13. The van der Waals surface area contributed by atoms with E-state index in [1.165, 1.54) is 0 Å². The molecular weight excluding hydrogens is 869 g/mol. The zero-order valence-corrected chi connectivity index (χ0v) is 36.3. The quantitative estimate of drug-likeness (QED) is 0.0643. The summed E-state index contributed by atoms with van der Waals surface area (Å²) in [5, 5.41) is 66.1. The molecule has 0 aromatic rings. The van der Waals surface area contributed by atoms with Gasteiger partial charge in [0.25, 0.3) is 0 Å². The Morgan fingerprint density at radius 3 is 2.54 bits per heavy atom. The molecular formula is C34H65HgN6O11. The normalized spacial score (nSPS) is 35.2. The first-order valence-electron chi connectivity index (χ1n) is 18.8. The number of nitrogens with one attached hydrogen (secondary N) is 3. The number of ether oxygens (including phenoxy) is 4. The second-order valence-electron chi connectivity index (χ2n) is 14.7. The third-order valence-corrected chi connectivity index (χ3v) is 11.1. The Labute approximate surface area is 324 Å². The fourth-order valence-corrected chi connectivity index (χ4v) is 7.50. The van der Waals surface area contributed by atoms with Gasteiger partial charge in [-0.2, -0.15) is 0 Å². The fraction of sp³-hybridized carbons (Fsp3) is 0.912. The van der Waals surface area contributed by atoms with Crippen LogP contribution in [0.25, 0.3) is 0 Å². The van der Waals surface area contributed by atoms with Crippen LogP contribution in [0.15, 0.2) is 12.2 Å². The van der Waals surface area contributed by atoms with Gasteiger partial charge in [-0.1, -0.05) is 12.2 Å². The summed E-state index contributed by atoms with van der Waals surface area (Å²) in [6.07, 6.45) is 6.16. The van der Waals surface area contributed by atoms with Crippen molar-refractivity contribution < 1.29 is 80.8 Å². The first-order chi connectivity index (χ1) is 24.8. The summed E-state index contributed by atoms with van der Waals surface area (Å²) >= 11 is 0.507. The molecule has 4 heterocycles. The molecule has 11 atom stereocenters. The van der Waals surface area contributed by atoms with Gasteiger partial charge in [-0.05, 0) is 38.8 Å². The molecule has 299 valence electrons. The van der Waals surface area contributed by atoms with Crippen molar-refractivity contribution in [3.05, 3.63) is 12.2 Å². The molecule has 17 nitrogen and oxygen atoms in total. The van der Waals surface area contributed by atoms with E-state index in [1.54, 1.807) is 0 Å². The number of hydrogen-bond acceptors (Lipinski definition) is 16. The summed E-state index contributed by atoms with van der Waals surface area (Å²) in [6, 6.07) is -0.144. The van der Waals surface area contributed by atoms with Gasteiger partial charge in [0.2, 0.25) is 0 Å². The Morgan fingerprint density at radius 2 is 1.90 bits per heavy atom. The molecule has 1 aliphatic carbocycles. The second kappa shape index (κ2) is 24.2. The van der Waals surface area contributed by atoms with Crippen LogP contribution in [0, 0.1) is 0 Å². The van der Waals surface area contributed by atoms with Crippen LogP contribution in [0.4, 0.5) is 0 Å². The van der Waals surface area contributed by atoms with E-state index < -0.39 is 36.3 Å². The minimum atomic E-state index is -1.01. The van der Waals surface area contributed by atoms with Gasteiger partial charge in [-0.15, -0.1) is 0 Å². The number of aliphatic hydroxyl groups excluding tert-OH is 5. The van der Waals surface area contributed by atoms with Gasteiger partial charge in [0.1, 0.15) is 12.2 Å². The molecule has 5 aliphatic rings. The van der Waals surface area contributed by atoms with E-state index >= 15 is 0 Å². The van der Waals surface area contributed by atoms with E-state index in [2.05, 4.69) is 30.8 Å². The molecule has 0 bridgehead atoms. The number of piperidine rings is 1. The van der Waals surface area contributed by atoms with Crippen LogP contribution >= 0.6 is 0 Å². The van der Waals surface area contributed by atoms with E-state index in [0.29, 0.717) is 52.2 Å². The number of hydrogen-bond donors (Lipinski definition) is 11. The van der Waals surface area contributed by atoms with E-state index in [1.807, 2.05) is 7.05 Å². The Kier molecular flexibility index (Phi) is 21.4. The average molecular weight is 935 g/mol. The monoisotopic (exact) mass is 935 g/mol. The second-order valence-corrected chi connectivity index (χ2v) is 18.8. The van der Waals surface area contributed by atoms with Gasteiger partial charge in [0.05, 0.1) is 37.1 Å². The van der Waals surface area contributed by atoms with Crippen LogP contribution < -0.4 is 27.4 Å². The van der Waals surface area contributed by atoms with Crippen molar-refractivity contribution in [2.24, 2.45) is 11.5 Å². The van der Waals surface area contributed by atoms with Crippen molar-refractivity contribution in [3.8, 4) is 0 Å². The van der Waals surface area contributed by atoms with Crippen LogP contribution in [-0.2, 0) is 50.2 Å². The largest absolute Gasteiger partial charge is 0.390 e. The van der Waals surface area contributed by atoms with Gasteiger partial charge in [-0.3, -0.25) is 0 Å². The van der Waals surface area contributed by atoms with Crippen LogP contribution in [0.5, 0.6) is 0 Å². The number of aliphatic hydroxyl groups is 6. The molecule has 1 amide bonds. The standard InChI is InChI=1S/C16H30N3O5.C12H22N2O2.C6H13NO4.Hg/c1-18-5-4-14(21)16(22)19-11-6-10(17)7-13(8-11)24-15-3-2-12(9-20)23-15;15-12(4-6-13-7-5-12)10-14-9-11-3-1-2-8-16-11;7-2-4-6(10)3(8)1-5(9)11-4;/h10-15,20-21H,2-9,17H2,1H3,(H,19,22);1,3,11,13-15H,2,4-10H2;3-6,8-10H,1-2,7H2;/q-1;;;+1/t;;3?,4-,5-,6-;/m..0./s1. The molecule has 52 heavy (non-hydrogen) atoms. The minimum absolute atomic E-state index is 0.0110. The van der Waals surface area contributed by atoms with Crippen molar-refractivity contribution in [1.29, 1.82) is 0 Å². The van der Waals surface area contributed by atoms with E-state index in [4.69, 9.17) is 45.7 Å². The van der Waals surface area contributed by atoms with E-state index in [0.717, 1.165) is 71.3 Å². The van der Waals surface area contributed by atoms with Crippen LogP contribution in [0.1, 0.15) is 64.2 Å². The molecule has 0 aromatic heterocycles. The maximum atomic E-state index is 12.2. The summed E-state index contributed by atoms with van der Waals surface area (Å²) in [6.45, 7) is 4.95. The van der Waals surface area contributed by atoms with Crippen molar-refractivity contribution in [2.75, 3.05) is 59.5 Å². The van der Waals surface area contributed by atoms with Gasteiger partial charge in [-0.25, -0.2) is 0 Å². The van der Waals surface area contributed by atoms with E-state index in [-0.39, 0.29) is 62.2 Å². The van der Waals surface area contributed by atoms with Gasteiger partial charge in [0, 0.05) is 26.1 Å². The fourth-order valence-electron chi connectivity index (χ4n) is 6.79. The maximum absolute atomic E-state index is 12.2. The van der Waals surface area contributed by atoms with Crippen molar-refractivity contribution in [2.45, 2.75) is 137 Å². The van der Waals surface area contributed by atoms with Crippen molar-refractivity contribution in [1.82, 2.24) is 18.6 Å². The molecule has 18 heteroatoms. The van der Waals surface area contributed by atoms with Crippen LogP contribution in [0.2, 0.25) is 0 Å². The third kappa shape index (κ3) is 17.1. The van der Waals surface area contributed by atoms with Crippen molar-refractivity contribution >= 4 is 5.91 Å². The molecule has 0 radical (unpaired) electrons. The third-order valence-electron chi connectivity index (χ3n) is 9.83. The zero-order chi connectivity index (χ0) is 38.1. The van der Waals surface area contributed by atoms with Gasteiger partial charge < -0.3 is 51.4 Å². The number of nitrogens with two attached hydrogens (primary N) is 2. The molecule has 3 saturated heterocycles. The predicted octanol–water partition coefficient (Wildman–Crippen LogP) is -3.18. The first kappa shape index (κ1) is 45.9. The van der Waals surface area contributed by atoms with E-state index in [9.17, 15) is 20.1 Å². The summed E-state index contributed by atoms with van der Waals surface area (Å²) in [5.74, 6) is -0.328. The Morgan fingerprint density at radius 1 is 1.15 bits per heavy atom. The summed E-state index contributed by atoms with van der Waals surface area (Å²) in [4.78, 5) is 12.2. The van der Waals surface area contributed by atoms with Crippen molar-refractivity contribution in [3.63, 3.8) is 0 Å².